The van der Waals surface area contributed by atoms with Crippen LogP contribution in [0.15, 0.2) is 30.6 Å². The zero-order chi connectivity index (χ0) is 11.7. The largest absolute Gasteiger partial charge is 0.454 e. The first-order valence-electron chi connectivity index (χ1n) is 5.06. The van der Waals surface area contributed by atoms with Gasteiger partial charge in [0.25, 0.3) is 0 Å². The number of nitrogens with two attached hydrogens (primary N) is 1. The Kier molecular flexibility index (Phi) is 2.27. The van der Waals surface area contributed by atoms with Gasteiger partial charge in [-0.05, 0) is 18.2 Å². The van der Waals surface area contributed by atoms with Gasteiger partial charge < -0.3 is 14.9 Å². The van der Waals surface area contributed by atoms with Crippen molar-refractivity contribution in [1.82, 2.24) is 9.97 Å². The highest BCUT2D eigenvalue weighted by atomic mass is 16.7. The predicted octanol–water partition coefficient (Wildman–Crippen LogP) is 1.16. The second kappa shape index (κ2) is 3.91. The molecular weight excluding hydrogens is 220 g/mol. The second-order valence-corrected chi connectivity index (χ2v) is 3.47. The lowest BCUT2D eigenvalue weighted by molar-refractivity contribution is 0.174. The van der Waals surface area contributed by atoms with Crippen LogP contribution >= 0.6 is 0 Å². The van der Waals surface area contributed by atoms with Crippen molar-refractivity contribution in [2.45, 2.75) is 0 Å². The first kappa shape index (κ1) is 9.86. The first-order chi connectivity index (χ1) is 8.38. The minimum atomic E-state index is 0.251. The third kappa shape index (κ3) is 1.64. The van der Waals surface area contributed by atoms with E-state index >= 15 is 0 Å². The van der Waals surface area contributed by atoms with Gasteiger partial charge in [0.05, 0.1) is 0 Å². The van der Waals surface area contributed by atoms with Crippen LogP contribution in [-0.4, -0.2) is 16.8 Å². The number of nitrogens with one attached hydrogen (secondary N) is 1. The Bertz CT molecular complexity index is 559. The van der Waals surface area contributed by atoms with Crippen LogP contribution in [0.2, 0.25) is 0 Å². The molecule has 0 fully saturated rings. The topological polar surface area (TPSA) is 82.3 Å². The zero-order valence-corrected chi connectivity index (χ0v) is 8.88. The van der Waals surface area contributed by atoms with Crippen molar-refractivity contribution in [3.63, 3.8) is 0 Å². The standard InChI is InChI=1S/C11H10N4O2/c12-15-11-10(13-3-4-14-11)7-1-2-8-9(5-7)17-6-16-8/h1-5H,6,12H2,(H,14,15). The van der Waals surface area contributed by atoms with Crippen molar-refractivity contribution in [2.75, 3.05) is 12.2 Å². The molecule has 6 nitrogen and oxygen atoms in total. The SMILES string of the molecule is NNc1nccnc1-c1ccc2c(c1)OCO2. The highest BCUT2D eigenvalue weighted by Crippen LogP contribution is 2.36. The normalized spacial score (nSPS) is 12.5. The van der Waals surface area contributed by atoms with Crippen molar-refractivity contribution in [3.05, 3.63) is 30.6 Å². The minimum absolute atomic E-state index is 0.251. The van der Waals surface area contributed by atoms with E-state index in [1.54, 1.807) is 12.4 Å². The molecule has 2 aromatic rings. The van der Waals surface area contributed by atoms with Crippen LogP contribution in [0, 0.1) is 0 Å². The number of hydrazine groups is 1. The number of rotatable bonds is 2. The number of ether oxygens (including phenoxy) is 2. The summed E-state index contributed by atoms with van der Waals surface area (Å²) >= 11 is 0. The molecule has 0 amide bonds. The number of nitrogens with zero attached hydrogens (tertiary/aromatic N) is 2. The van der Waals surface area contributed by atoms with E-state index in [4.69, 9.17) is 15.3 Å². The lowest BCUT2D eigenvalue weighted by Gasteiger charge is -2.06. The maximum atomic E-state index is 5.39. The molecule has 1 aliphatic heterocycles. The third-order valence-corrected chi connectivity index (χ3v) is 2.48. The number of aromatic nitrogens is 2. The maximum absolute atomic E-state index is 5.39. The fourth-order valence-corrected chi connectivity index (χ4v) is 1.70. The molecule has 1 aromatic heterocycles. The van der Waals surface area contributed by atoms with Gasteiger partial charge in [-0.25, -0.2) is 10.8 Å². The van der Waals surface area contributed by atoms with Gasteiger partial charge >= 0.3 is 0 Å². The fourth-order valence-electron chi connectivity index (χ4n) is 1.70. The van der Waals surface area contributed by atoms with Gasteiger partial charge in [0.1, 0.15) is 5.69 Å². The average molecular weight is 230 g/mol. The van der Waals surface area contributed by atoms with Gasteiger partial charge in [-0.2, -0.15) is 0 Å². The molecule has 1 aromatic carbocycles. The Morgan fingerprint density at radius 2 is 1.94 bits per heavy atom. The summed E-state index contributed by atoms with van der Waals surface area (Å²) in [7, 11) is 0. The van der Waals surface area contributed by atoms with Crippen LogP contribution in [0.25, 0.3) is 11.3 Å². The van der Waals surface area contributed by atoms with E-state index in [0.29, 0.717) is 17.3 Å². The summed E-state index contributed by atoms with van der Waals surface area (Å²) in [6, 6.07) is 5.58. The molecule has 17 heavy (non-hydrogen) atoms. The summed E-state index contributed by atoms with van der Waals surface area (Å²) in [5, 5.41) is 0. The third-order valence-electron chi connectivity index (χ3n) is 2.48. The van der Waals surface area contributed by atoms with Gasteiger partial charge in [0, 0.05) is 18.0 Å². The summed E-state index contributed by atoms with van der Waals surface area (Å²) in [5.74, 6) is 7.35. The fraction of sp³-hybridized carbons (Fsp3) is 0.0909. The molecule has 0 saturated carbocycles. The Hall–Kier alpha value is -2.34. The summed E-state index contributed by atoms with van der Waals surface area (Å²) < 4.78 is 10.6. The van der Waals surface area contributed by atoms with Crippen molar-refractivity contribution in [3.8, 4) is 22.8 Å². The van der Waals surface area contributed by atoms with Crippen LogP contribution < -0.4 is 20.7 Å². The van der Waals surface area contributed by atoms with Crippen LogP contribution in [0.3, 0.4) is 0 Å². The molecule has 6 heteroatoms. The highest BCUT2D eigenvalue weighted by molar-refractivity contribution is 5.73. The molecule has 3 N–H and O–H groups in total. The minimum Gasteiger partial charge on any atom is -0.454 e. The van der Waals surface area contributed by atoms with Gasteiger partial charge in [-0.15, -0.1) is 0 Å². The number of anilines is 1. The number of fused-ring (bicyclic) bond motifs is 1. The van der Waals surface area contributed by atoms with E-state index in [0.717, 1.165) is 11.3 Å². The van der Waals surface area contributed by atoms with Crippen LogP contribution in [0.5, 0.6) is 11.5 Å². The molecule has 2 heterocycles. The Labute approximate surface area is 97.4 Å². The summed E-state index contributed by atoms with van der Waals surface area (Å²) in [6.07, 6.45) is 3.19. The number of hydrogen-bond donors (Lipinski definition) is 2. The predicted molar refractivity (Wildman–Crippen MR) is 61.4 cm³/mol. The number of benzene rings is 1. The van der Waals surface area contributed by atoms with Crippen molar-refractivity contribution in [1.29, 1.82) is 0 Å². The molecule has 86 valence electrons. The van der Waals surface area contributed by atoms with Crippen LogP contribution in [0.1, 0.15) is 0 Å². The molecule has 0 unspecified atom stereocenters. The van der Waals surface area contributed by atoms with Crippen molar-refractivity contribution in [2.24, 2.45) is 5.84 Å². The van der Waals surface area contributed by atoms with E-state index in [2.05, 4.69) is 15.4 Å². The lowest BCUT2D eigenvalue weighted by Crippen LogP contribution is -2.10. The maximum Gasteiger partial charge on any atom is 0.231 e. The Morgan fingerprint density at radius 1 is 1.12 bits per heavy atom. The molecule has 0 saturated heterocycles. The monoisotopic (exact) mass is 230 g/mol. The van der Waals surface area contributed by atoms with Gasteiger partial charge in [-0.1, -0.05) is 0 Å². The Balaban J connectivity index is 2.09. The molecule has 0 bridgehead atoms. The smallest absolute Gasteiger partial charge is 0.231 e. The van der Waals surface area contributed by atoms with Crippen LogP contribution in [-0.2, 0) is 0 Å². The van der Waals surface area contributed by atoms with Gasteiger partial charge in [-0.3, -0.25) is 4.98 Å². The first-order valence-corrected chi connectivity index (χ1v) is 5.06. The Morgan fingerprint density at radius 3 is 2.82 bits per heavy atom. The van der Waals surface area contributed by atoms with E-state index in [-0.39, 0.29) is 6.79 Å². The molecule has 0 spiro atoms. The van der Waals surface area contributed by atoms with Crippen molar-refractivity contribution >= 4 is 5.82 Å². The second-order valence-electron chi connectivity index (χ2n) is 3.47. The van der Waals surface area contributed by atoms with Crippen molar-refractivity contribution < 1.29 is 9.47 Å². The van der Waals surface area contributed by atoms with E-state index in [9.17, 15) is 0 Å². The summed E-state index contributed by atoms with van der Waals surface area (Å²) in [4.78, 5) is 8.34. The van der Waals surface area contributed by atoms with E-state index in [1.165, 1.54) is 0 Å². The van der Waals surface area contributed by atoms with E-state index < -0.39 is 0 Å². The average Bonchev–Trinajstić information content (AvgIpc) is 2.85. The lowest BCUT2D eigenvalue weighted by atomic mass is 10.1. The molecular formula is C11H10N4O2. The molecule has 0 radical (unpaired) electrons. The summed E-state index contributed by atoms with van der Waals surface area (Å²) in [5.41, 5.74) is 4.06. The zero-order valence-electron chi connectivity index (χ0n) is 8.88. The van der Waals surface area contributed by atoms with Gasteiger partial charge in [0.15, 0.2) is 17.3 Å². The van der Waals surface area contributed by atoms with Crippen LogP contribution in [0.4, 0.5) is 5.82 Å². The molecule has 1 aliphatic rings. The van der Waals surface area contributed by atoms with E-state index in [1.807, 2.05) is 18.2 Å². The molecule has 3 rings (SSSR count). The molecule has 0 atom stereocenters. The van der Waals surface area contributed by atoms with Gasteiger partial charge in [0.2, 0.25) is 6.79 Å². The quantitative estimate of drug-likeness (QED) is 0.595. The highest BCUT2D eigenvalue weighted by Gasteiger charge is 2.15. The molecule has 0 aliphatic carbocycles. The number of nitrogen functional groups attached to an aromatic ring is 1. The summed E-state index contributed by atoms with van der Waals surface area (Å²) in [6.45, 7) is 0.251. The number of hydrogen-bond acceptors (Lipinski definition) is 6.